The van der Waals surface area contributed by atoms with Crippen molar-refractivity contribution in [1.29, 1.82) is 0 Å². The maximum atomic E-state index is 13.5. The van der Waals surface area contributed by atoms with Crippen LogP contribution in [0, 0.1) is 6.92 Å². The Morgan fingerprint density at radius 2 is 1.67 bits per heavy atom. The second-order valence-electron chi connectivity index (χ2n) is 8.86. The minimum atomic E-state index is -3.08. The highest BCUT2D eigenvalue weighted by Crippen LogP contribution is 2.28. The first-order chi connectivity index (χ1) is 17.3. The van der Waals surface area contributed by atoms with Gasteiger partial charge in [-0.1, -0.05) is 60.7 Å². The van der Waals surface area contributed by atoms with Crippen LogP contribution in [0.1, 0.15) is 27.0 Å². The smallest absolute Gasteiger partial charge is 0.269 e. The molecule has 0 aromatic heterocycles. The Labute approximate surface area is 210 Å². The fourth-order valence-corrected chi connectivity index (χ4v) is 5.78. The summed E-state index contributed by atoms with van der Waals surface area (Å²) >= 11 is 0. The van der Waals surface area contributed by atoms with Crippen molar-refractivity contribution in [2.24, 2.45) is 4.99 Å². The van der Waals surface area contributed by atoms with Crippen molar-refractivity contribution in [3.63, 3.8) is 0 Å². The number of hydrogen-bond donors (Lipinski definition) is 2. The van der Waals surface area contributed by atoms with Crippen LogP contribution in [0.4, 0.5) is 11.4 Å². The van der Waals surface area contributed by atoms with Crippen molar-refractivity contribution in [2.75, 3.05) is 34.8 Å². The minimum absolute atomic E-state index is 0.0381. The van der Waals surface area contributed by atoms with E-state index in [2.05, 4.69) is 10.6 Å². The fourth-order valence-electron chi connectivity index (χ4n) is 4.58. The van der Waals surface area contributed by atoms with Crippen LogP contribution in [0.3, 0.4) is 0 Å². The first kappa shape index (κ1) is 23.7. The number of aryl methyl sites for hydroxylation is 1. The molecule has 0 bridgehead atoms. The van der Waals surface area contributed by atoms with E-state index in [1.807, 2.05) is 66.4 Å². The molecule has 8 nitrogen and oxygen atoms in total. The van der Waals surface area contributed by atoms with Gasteiger partial charge in [0.15, 0.2) is 9.84 Å². The Balaban J connectivity index is 1.49. The lowest BCUT2D eigenvalue weighted by Crippen LogP contribution is -2.44. The number of rotatable bonds is 4. The SMILES string of the molecule is Cc1cccc(C(=O)NC2N=C(c3ccccc3)c3ccccc3NC2=O)c1N1CCS(=O)(=O)CC1. The molecule has 0 saturated carbocycles. The van der Waals surface area contributed by atoms with Gasteiger partial charge in [-0.2, -0.15) is 0 Å². The first-order valence-corrected chi connectivity index (χ1v) is 13.5. The molecule has 1 atom stereocenters. The second-order valence-corrected chi connectivity index (χ2v) is 11.2. The quantitative estimate of drug-likeness (QED) is 0.571. The van der Waals surface area contributed by atoms with Crippen molar-refractivity contribution in [3.8, 4) is 0 Å². The fraction of sp³-hybridized carbons (Fsp3) is 0.222. The summed E-state index contributed by atoms with van der Waals surface area (Å²) in [6.07, 6.45) is -1.16. The van der Waals surface area contributed by atoms with Crippen LogP contribution in [0.25, 0.3) is 0 Å². The lowest BCUT2D eigenvalue weighted by Gasteiger charge is -2.31. The molecule has 0 spiro atoms. The zero-order valence-electron chi connectivity index (χ0n) is 19.8. The van der Waals surface area contributed by atoms with Gasteiger partial charge in [-0.3, -0.25) is 9.59 Å². The van der Waals surface area contributed by atoms with E-state index in [1.54, 1.807) is 18.2 Å². The molecule has 1 unspecified atom stereocenters. The van der Waals surface area contributed by atoms with Gasteiger partial charge >= 0.3 is 0 Å². The Morgan fingerprint density at radius 1 is 0.972 bits per heavy atom. The van der Waals surface area contributed by atoms with Gasteiger partial charge in [0.2, 0.25) is 6.17 Å². The van der Waals surface area contributed by atoms with Crippen molar-refractivity contribution in [3.05, 3.63) is 95.1 Å². The van der Waals surface area contributed by atoms with E-state index in [1.165, 1.54) is 0 Å². The van der Waals surface area contributed by atoms with Crippen LogP contribution in [-0.4, -0.2) is 56.7 Å². The number of fused-ring (bicyclic) bond motifs is 1. The van der Waals surface area contributed by atoms with Gasteiger partial charge in [0.25, 0.3) is 11.8 Å². The average Bonchev–Trinajstić information content (AvgIpc) is 3.01. The van der Waals surface area contributed by atoms with E-state index in [0.29, 0.717) is 35.7 Å². The van der Waals surface area contributed by atoms with Gasteiger partial charge < -0.3 is 15.5 Å². The molecular weight excluding hydrogens is 476 g/mol. The van der Waals surface area contributed by atoms with Gasteiger partial charge in [-0.15, -0.1) is 0 Å². The van der Waals surface area contributed by atoms with Crippen LogP contribution in [0.5, 0.6) is 0 Å². The molecule has 1 fully saturated rings. The third-order valence-corrected chi connectivity index (χ3v) is 8.01. The van der Waals surface area contributed by atoms with Gasteiger partial charge in [0, 0.05) is 24.2 Å². The van der Waals surface area contributed by atoms with Crippen molar-refractivity contribution >= 4 is 38.7 Å². The van der Waals surface area contributed by atoms with E-state index >= 15 is 0 Å². The molecule has 9 heteroatoms. The molecular formula is C27H26N4O4S. The number of anilines is 2. The number of nitrogens with one attached hydrogen (secondary N) is 2. The number of benzene rings is 3. The monoisotopic (exact) mass is 502 g/mol. The zero-order valence-corrected chi connectivity index (χ0v) is 20.6. The van der Waals surface area contributed by atoms with Crippen molar-refractivity contribution in [2.45, 2.75) is 13.1 Å². The third kappa shape index (κ3) is 4.74. The summed E-state index contributed by atoms with van der Waals surface area (Å²) < 4.78 is 23.9. The summed E-state index contributed by atoms with van der Waals surface area (Å²) in [5.41, 5.74) is 4.71. The highest BCUT2D eigenvalue weighted by Gasteiger charge is 2.30. The maximum Gasteiger partial charge on any atom is 0.269 e. The zero-order chi connectivity index (χ0) is 25.3. The Hall–Kier alpha value is -3.98. The Morgan fingerprint density at radius 3 is 2.42 bits per heavy atom. The van der Waals surface area contributed by atoms with Crippen molar-refractivity contribution < 1.29 is 18.0 Å². The van der Waals surface area contributed by atoms with Gasteiger partial charge in [0.1, 0.15) is 0 Å². The molecule has 0 radical (unpaired) electrons. The van der Waals surface area contributed by atoms with E-state index in [-0.39, 0.29) is 11.5 Å². The number of carbonyl (C=O) groups is 2. The Kier molecular flexibility index (Phi) is 6.32. The normalized spacial score (nSPS) is 18.9. The summed E-state index contributed by atoms with van der Waals surface area (Å²) in [6, 6.07) is 22.3. The molecule has 184 valence electrons. The van der Waals surface area contributed by atoms with Crippen LogP contribution >= 0.6 is 0 Å². The van der Waals surface area contributed by atoms with Crippen LogP contribution in [0.2, 0.25) is 0 Å². The number of carbonyl (C=O) groups excluding carboxylic acids is 2. The van der Waals surface area contributed by atoms with Crippen LogP contribution < -0.4 is 15.5 Å². The summed E-state index contributed by atoms with van der Waals surface area (Å²) in [4.78, 5) is 33.3. The van der Waals surface area contributed by atoms with Crippen molar-refractivity contribution in [1.82, 2.24) is 5.32 Å². The molecule has 2 N–H and O–H groups in total. The van der Waals surface area contributed by atoms with Crippen LogP contribution in [0.15, 0.2) is 77.8 Å². The molecule has 2 aliphatic rings. The largest absolute Gasteiger partial charge is 0.369 e. The van der Waals surface area contributed by atoms with Gasteiger partial charge in [-0.25, -0.2) is 13.4 Å². The highest BCUT2D eigenvalue weighted by atomic mass is 32.2. The highest BCUT2D eigenvalue weighted by molar-refractivity contribution is 7.91. The lowest BCUT2D eigenvalue weighted by atomic mass is 10.0. The van der Waals surface area contributed by atoms with E-state index in [0.717, 1.165) is 16.7 Å². The average molecular weight is 503 g/mol. The standard InChI is InChI=1S/C27H26N4O4S/c1-18-8-7-12-21(24(18)31-14-16-36(34,35)17-15-31)26(32)30-25-27(33)28-22-13-6-5-11-20(22)23(29-25)19-9-3-2-4-10-19/h2-13,25H,14-17H2,1H3,(H,28,33)(H,30,32). The number of para-hydroxylation sites is 2. The minimum Gasteiger partial charge on any atom is -0.369 e. The number of nitrogens with zero attached hydrogens (tertiary/aromatic N) is 2. The third-order valence-electron chi connectivity index (χ3n) is 6.40. The maximum absolute atomic E-state index is 13.5. The molecule has 1 saturated heterocycles. The topological polar surface area (TPSA) is 108 Å². The number of aliphatic imine (C=N–C) groups is 1. The van der Waals surface area contributed by atoms with E-state index in [4.69, 9.17) is 4.99 Å². The molecule has 2 heterocycles. The molecule has 5 rings (SSSR count). The molecule has 3 aromatic carbocycles. The van der Waals surface area contributed by atoms with Gasteiger partial charge in [-0.05, 0) is 24.6 Å². The number of sulfone groups is 1. The molecule has 2 amide bonds. The summed E-state index contributed by atoms with van der Waals surface area (Å²) in [6.45, 7) is 2.50. The number of hydrogen-bond acceptors (Lipinski definition) is 6. The molecule has 36 heavy (non-hydrogen) atoms. The summed E-state index contributed by atoms with van der Waals surface area (Å²) in [5.74, 6) is -0.822. The number of amides is 2. The van der Waals surface area contributed by atoms with Gasteiger partial charge in [0.05, 0.1) is 34.2 Å². The summed E-state index contributed by atoms with van der Waals surface area (Å²) in [5, 5.41) is 5.68. The van der Waals surface area contributed by atoms with Crippen LogP contribution in [-0.2, 0) is 14.6 Å². The molecule has 0 aliphatic carbocycles. The predicted octanol–water partition coefficient (Wildman–Crippen LogP) is 2.78. The second kappa shape index (κ2) is 9.58. The Bertz CT molecular complexity index is 1450. The van der Waals surface area contributed by atoms with E-state index in [9.17, 15) is 18.0 Å². The first-order valence-electron chi connectivity index (χ1n) is 11.7. The van der Waals surface area contributed by atoms with E-state index < -0.39 is 27.8 Å². The predicted molar refractivity (Wildman–Crippen MR) is 140 cm³/mol. The summed E-state index contributed by atoms with van der Waals surface area (Å²) in [7, 11) is -3.08. The molecule has 3 aromatic rings. The molecule has 2 aliphatic heterocycles. The lowest BCUT2D eigenvalue weighted by molar-refractivity contribution is -0.117. The number of benzodiazepines with no additional fused rings is 1.